The molecule has 12 nitrogen and oxygen atoms in total. The molecule has 50 heavy (non-hydrogen) atoms. The van der Waals surface area contributed by atoms with Crippen molar-refractivity contribution in [2.75, 3.05) is 37.6 Å². The van der Waals surface area contributed by atoms with Gasteiger partial charge in [0.15, 0.2) is 0 Å². The number of carbonyl (C=O) groups excluding carboxylic acids is 2. The third kappa shape index (κ3) is 12.8. The van der Waals surface area contributed by atoms with E-state index in [2.05, 4.69) is 53.6 Å². The Morgan fingerprint density at radius 3 is 1.72 bits per heavy atom. The number of pyridine rings is 2. The Kier molecular flexibility index (Phi) is 13.8. The van der Waals surface area contributed by atoms with Gasteiger partial charge in [-0.15, -0.1) is 0 Å². The second kappa shape index (κ2) is 16.8. The lowest BCUT2D eigenvalue weighted by Crippen LogP contribution is -2.43. The molecule has 0 spiro atoms. The normalized spacial score (nSPS) is 18.9. The van der Waals surface area contributed by atoms with E-state index in [9.17, 15) is 9.59 Å². The zero-order valence-electron chi connectivity index (χ0n) is 31.4. The van der Waals surface area contributed by atoms with Crippen molar-refractivity contribution in [3.63, 3.8) is 0 Å². The fraction of sp³-hybridized carbons (Fsp3) is 0.611. The summed E-state index contributed by atoms with van der Waals surface area (Å²) in [4.78, 5) is 35.4. The van der Waals surface area contributed by atoms with Gasteiger partial charge in [0.1, 0.15) is 22.8 Å². The lowest BCUT2D eigenvalue weighted by atomic mass is 9.67. The number of nitrogen functional groups attached to an aromatic ring is 2. The van der Waals surface area contributed by atoms with Crippen molar-refractivity contribution >= 4 is 52.4 Å². The molecule has 5 heterocycles. The lowest BCUT2D eigenvalue weighted by Gasteiger charge is -2.34. The molecular formula is C36H56BBrN6O6. The standard InChI is InChI=1S/C16H30BNO4.C15H21N3O2.C5H5BrN2/c1-14(2,3)20-13(19)18-10-8-12(9-11-18)17-21-15(4,5)16(6,7)22-17;1-15(2,3)20-14(19)18-8-6-11(7-9-18)12-4-5-13(16)17-10-12;6-4-1-2-5(7)8-3-4/h12H,8-11H2,1-7H3;4-6,10H,7-9H2,1-3H3,(H2,16,17);1-3H,(H2,7,8). The first kappa shape index (κ1) is 41.1. The highest BCUT2D eigenvalue weighted by Crippen LogP contribution is 2.42. The smallest absolute Gasteiger partial charge is 0.444 e. The number of nitrogens with two attached hydrogens (primary N) is 2. The van der Waals surface area contributed by atoms with Gasteiger partial charge >= 0.3 is 19.3 Å². The van der Waals surface area contributed by atoms with Crippen molar-refractivity contribution in [1.29, 1.82) is 0 Å². The highest BCUT2D eigenvalue weighted by atomic mass is 79.9. The topological polar surface area (TPSA) is 155 Å². The molecule has 2 aromatic heterocycles. The number of rotatable bonds is 2. The lowest BCUT2D eigenvalue weighted by molar-refractivity contribution is 0.00578. The number of hydrogen-bond donors (Lipinski definition) is 2. The molecule has 0 aliphatic carbocycles. The number of piperidine rings is 1. The summed E-state index contributed by atoms with van der Waals surface area (Å²) < 4.78 is 24.0. The first-order valence-corrected chi connectivity index (χ1v) is 17.9. The molecule has 0 radical (unpaired) electrons. The molecule has 2 fully saturated rings. The van der Waals surface area contributed by atoms with E-state index in [1.165, 1.54) is 5.57 Å². The van der Waals surface area contributed by atoms with Crippen LogP contribution >= 0.6 is 15.9 Å². The van der Waals surface area contributed by atoms with E-state index < -0.39 is 11.2 Å². The SMILES string of the molecule is CC(C)(C)OC(=O)N1CC=C(c2ccc(N)nc2)CC1.CC(C)(C)OC(=O)N1CCC(B2OC(C)(C)C(C)(C)O2)CC1.Nc1ccc(Br)cn1. The van der Waals surface area contributed by atoms with Crippen LogP contribution in [0, 0.1) is 0 Å². The molecule has 3 aliphatic heterocycles. The Morgan fingerprint density at radius 1 is 0.820 bits per heavy atom. The summed E-state index contributed by atoms with van der Waals surface area (Å²) in [5.74, 6) is 1.40. The summed E-state index contributed by atoms with van der Waals surface area (Å²) in [7, 11) is -0.175. The molecule has 5 rings (SSSR count). The van der Waals surface area contributed by atoms with Crippen molar-refractivity contribution in [2.24, 2.45) is 0 Å². The Hall–Kier alpha value is -3.36. The number of aromatic nitrogens is 2. The van der Waals surface area contributed by atoms with Crippen LogP contribution in [0.1, 0.15) is 94.1 Å². The zero-order valence-corrected chi connectivity index (χ0v) is 33.0. The van der Waals surface area contributed by atoms with Crippen LogP contribution in [0.2, 0.25) is 5.82 Å². The molecule has 2 aromatic rings. The highest BCUT2D eigenvalue weighted by Gasteiger charge is 2.54. The molecule has 276 valence electrons. The van der Waals surface area contributed by atoms with Gasteiger partial charge < -0.3 is 40.0 Å². The van der Waals surface area contributed by atoms with Crippen LogP contribution in [-0.2, 0) is 18.8 Å². The summed E-state index contributed by atoms with van der Waals surface area (Å²) in [5.41, 5.74) is 11.6. The Morgan fingerprint density at radius 2 is 1.32 bits per heavy atom. The molecule has 0 saturated carbocycles. The van der Waals surface area contributed by atoms with E-state index in [1.807, 2.05) is 59.8 Å². The van der Waals surface area contributed by atoms with Gasteiger partial charge in [-0.05, 0) is 146 Å². The molecule has 4 N–H and O–H groups in total. The van der Waals surface area contributed by atoms with Crippen molar-refractivity contribution in [2.45, 2.75) is 117 Å². The van der Waals surface area contributed by atoms with Crippen LogP contribution in [-0.4, -0.2) is 87.7 Å². The van der Waals surface area contributed by atoms with Crippen LogP contribution < -0.4 is 11.5 Å². The second-order valence-electron chi connectivity index (χ2n) is 15.7. The second-order valence-corrected chi connectivity index (χ2v) is 16.6. The maximum absolute atomic E-state index is 12.1. The predicted molar refractivity (Wildman–Crippen MR) is 202 cm³/mol. The summed E-state index contributed by atoms with van der Waals surface area (Å²) in [6.07, 6.45) is 7.56. The summed E-state index contributed by atoms with van der Waals surface area (Å²) in [6.45, 7) is 22.2. The number of hydrogen-bond acceptors (Lipinski definition) is 10. The van der Waals surface area contributed by atoms with E-state index in [0.717, 1.165) is 29.3 Å². The number of halogens is 1. The van der Waals surface area contributed by atoms with Crippen LogP contribution in [0.3, 0.4) is 0 Å². The molecule has 0 atom stereocenters. The van der Waals surface area contributed by atoms with Gasteiger partial charge in [-0.2, -0.15) is 0 Å². The van der Waals surface area contributed by atoms with Crippen LogP contribution in [0.5, 0.6) is 0 Å². The van der Waals surface area contributed by atoms with Crippen LogP contribution in [0.4, 0.5) is 21.2 Å². The van der Waals surface area contributed by atoms with Gasteiger partial charge in [-0.1, -0.05) is 6.08 Å². The van der Waals surface area contributed by atoms with Gasteiger partial charge in [0.2, 0.25) is 0 Å². The zero-order chi connectivity index (χ0) is 37.5. The van der Waals surface area contributed by atoms with Gasteiger partial charge in [0.05, 0.1) is 11.2 Å². The molecule has 2 amide bonds. The molecule has 0 aromatic carbocycles. The molecule has 0 bridgehead atoms. The molecular weight excluding hydrogens is 703 g/mol. The number of nitrogens with zero attached hydrogens (tertiary/aromatic N) is 4. The fourth-order valence-corrected chi connectivity index (χ4v) is 5.40. The van der Waals surface area contributed by atoms with Crippen molar-refractivity contribution in [1.82, 2.24) is 19.8 Å². The van der Waals surface area contributed by atoms with E-state index in [4.69, 9.17) is 30.2 Å². The molecule has 14 heteroatoms. The third-order valence-corrected chi connectivity index (χ3v) is 9.09. The molecule has 3 aliphatic rings. The van der Waals surface area contributed by atoms with Crippen molar-refractivity contribution in [3.8, 4) is 0 Å². The summed E-state index contributed by atoms with van der Waals surface area (Å²) >= 11 is 3.23. The minimum atomic E-state index is -0.456. The quantitative estimate of drug-likeness (QED) is 0.293. The minimum absolute atomic E-state index is 0.175. The van der Waals surface area contributed by atoms with E-state index in [-0.39, 0.29) is 30.5 Å². The van der Waals surface area contributed by atoms with E-state index in [1.54, 1.807) is 34.3 Å². The number of amides is 2. The minimum Gasteiger partial charge on any atom is -0.444 e. The van der Waals surface area contributed by atoms with Crippen molar-refractivity contribution < 1.29 is 28.4 Å². The van der Waals surface area contributed by atoms with Gasteiger partial charge in [0.25, 0.3) is 0 Å². The Bertz CT molecular complexity index is 1410. The summed E-state index contributed by atoms with van der Waals surface area (Å²) in [5, 5.41) is 0. The average molecular weight is 760 g/mol. The van der Waals surface area contributed by atoms with Gasteiger partial charge in [-0.25, -0.2) is 19.6 Å². The monoisotopic (exact) mass is 758 g/mol. The number of ether oxygens (including phenoxy) is 2. The van der Waals surface area contributed by atoms with E-state index in [0.29, 0.717) is 43.6 Å². The first-order valence-electron chi connectivity index (χ1n) is 17.1. The van der Waals surface area contributed by atoms with Gasteiger partial charge in [0, 0.05) is 43.0 Å². The maximum Gasteiger partial charge on any atom is 0.461 e. The largest absolute Gasteiger partial charge is 0.461 e. The fourth-order valence-electron chi connectivity index (χ4n) is 5.17. The number of likely N-dealkylation sites (tertiary alicyclic amines) is 1. The highest BCUT2D eigenvalue weighted by molar-refractivity contribution is 9.10. The van der Waals surface area contributed by atoms with Crippen LogP contribution in [0.25, 0.3) is 5.57 Å². The third-order valence-electron chi connectivity index (χ3n) is 8.62. The first-order chi connectivity index (χ1) is 23.0. The maximum atomic E-state index is 12.1. The number of anilines is 2. The van der Waals surface area contributed by atoms with Gasteiger partial charge in [-0.3, -0.25) is 0 Å². The molecule has 2 saturated heterocycles. The number of carbonyl (C=O) groups is 2. The molecule has 0 unspecified atom stereocenters. The van der Waals surface area contributed by atoms with Crippen molar-refractivity contribution in [3.05, 3.63) is 52.8 Å². The van der Waals surface area contributed by atoms with Crippen LogP contribution in [0.15, 0.2) is 47.2 Å². The predicted octanol–water partition coefficient (Wildman–Crippen LogP) is 7.59. The summed E-state index contributed by atoms with van der Waals surface area (Å²) in [6, 6.07) is 7.33. The Labute approximate surface area is 306 Å². The average Bonchev–Trinajstić information content (AvgIpc) is 3.24. The van der Waals surface area contributed by atoms with E-state index >= 15 is 0 Å². The Balaban J connectivity index is 0.000000223.